The van der Waals surface area contributed by atoms with Gasteiger partial charge in [-0.05, 0) is 24.0 Å². The van der Waals surface area contributed by atoms with E-state index in [0.717, 1.165) is 31.4 Å². The number of nitrogens with zero attached hydrogens (tertiary/aromatic N) is 3. The molecule has 0 aliphatic carbocycles. The zero-order chi connectivity index (χ0) is 12.9. The molecule has 4 nitrogen and oxygen atoms in total. The lowest BCUT2D eigenvalue weighted by Crippen LogP contribution is -2.35. The average Bonchev–Trinajstić information content (AvgIpc) is 2.61. The topological polar surface area (TPSA) is 39.8 Å². The maximum Gasteiger partial charge on any atom is 0.345 e. The fourth-order valence-electron chi connectivity index (χ4n) is 2.40. The van der Waals surface area contributed by atoms with Crippen LogP contribution in [0.15, 0.2) is 11.1 Å². The van der Waals surface area contributed by atoms with Crippen LogP contribution in [-0.4, -0.2) is 20.1 Å². The largest absolute Gasteiger partial charge is 0.345 e. The van der Waals surface area contributed by atoms with Crippen LogP contribution in [0.25, 0.3) is 0 Å². The summed E-state index contributed by atoms with van der Waals surface area (Å²) < 4.78 is 3.09. The number of aryl methyl sites for hydroxylation is 1. The summed E-state index contributed by atoms with van der Waals surface area (Å²) in [5.41, 5.74) is 0.0634. The molecule has 0 saturated heterocycles. The second-order valence-electron chi connectivity index (χ2n) is 4.84. The highest BCUT2D eigenvalue weighted by Crippen LogP contribution is 2.32. The van der Waals surface area contributed by atoms with Gasteiger partial charge >= 0.3 is 5.69 Å². The maximum atomic E-state index is 11.8. The summed E-state index contributed by atoms with van der Waals surface area (Å²) in [7, 11) is 1.73. The van der Waals surface area contributed by atoms with Crippen LogP contribution in [0, 0.1) is 5.41 Å². The number of hydrogen-bond acceptors (Lipinski definition) is 3. The highest BCUT2D eigenvalue weighted by Gasteiger charge is 2.28. The smallest absolute Gasteiger partial charge is 0.285 e. The third-order valence-corrected chi connectivity index (χ3v) is 3.94. The van der Waals surface area contributed by atoms with Gasteiger partial charge in [-0.3, -0.25) is 4.57 Å². The minimum atomic E-state index is -0.0386. The van der Waals surface area contributed by atoms with Gasteiger partial charge < -0.3 is 0 Å². The Labute approximate surface area is 108 Å². The van der Waals surface area contributed by atoms with Gasteiger partial charge in [-0.25, -0.2) is 9.48 Å². The van der Waals surface area contributed by atoms with Crippen LogP contribution in [0.3, 0.4) is 0 Å². The molecule has 17 heavy (non-hydrogen) atoms. The third kappa shape index (κ3) is 3.37. The number of hydrogen-bond donors (Lipinski definition) is 1. The van der Waals surface area contributed by atoms with E-state index in [4.69, 9.17) is 0 Å². The second kappa shape index (κ2) is 6.28. The first-order valence-electron chi connectivity index (χ1n) is 6.28. The van der Waals surface area contributed by atoms with Crippen LogP contribution in [-0.2, 0) is 13.6 Å². The molecule has 0 amide bonds. The molecule has 0 aromatic carbocycles. The lowest BCUT2D eigenvalue weighted by Gasteiger charge is -2.31. The monoisotopic (exact) mass is 257 g/mol. The normalized spacial score (nSPS) is 12.0. The van der Waals surface area contributed by atoms with Gasteiger partial charge in [0.05, 0.1) is 6.54 Å². The molecule has 0 unspecified atom stereocenters. The van der Waals surface area contributed by atoms with Crippen LogP contribution in [0.2, 0.25) is 0 Å². The SMILES string of the molecule is CCCC(CS)(CCC)Cn1ncn(C)c1=O. The van der Waals surface area contributed by atoms with Crippen LogP contribution in [0.4, 0.5) is 0 Å². The van der Waals surface area contributed by atoms with Gasteiger partial charge in [0, 0.05) is 7.05 Å². The molecule has 0 aliphatic heterocycles. The van der Waals surface area contributed by atoms with Crippen molar-refractivity contribution in [3.63, 3.8) is 0 Å². The minimum absolute atomic E-state index is 0.0386. The van der Waals surface area contributed by atoms with Crippen molar-refractivity contribution in [1.82, 2.24) is 14.3 Å². The van der Waals surface area contributed by atoms with Crippen LogP contribution < -0.4 is 5.69 Å². The molecule has 1 aromatic heterocycles. The zero-order valence-corrected chi connectivity index (χ0v) is 11.9. The summed E-state index contributed by atoms with van der Waals surface area (Å²) >= 11 is 4.49. The summed E-state index contributed by atoms with van der Waals surface area (Å²) in [6.07, 6.45) is 5.98. The molecule has 1 heterocycles. The molecule has 98 valence electrons. The van der Waals surface area contributed by atoms with Crippen LogP contribution >= 0.6 is 12.6 Å². The van der Waals surface area contributed by atoms with Crippen LogP contribution in [0.1, 0.15) is 39.5 Å². The fourth-order valence-corrected chi connectivity index (χ4v) is 2.81. The summed E-state index contributed by atoms with van der Waals surface area (Å²) in [6.45, 7) is 5.03. The molecule has 0 N–H and O–H groups in total. The number of thiol groups is 1. The van der Waals surface area contributed by atoms with E-state index < -0.39 is 0 Å². The van der Waals surface area contributed by atoms with E-state index in [-0.39, 0.29) is 11.1 Å². The summed E-state index contributed by atoms with van der Waals surface area (Å²) in [4.78, 5) is 11.8. The van der Waals surface area contributed by atoms with Gasteiger partial charge in [-0.2, -0.15) is 17.7 Å². The molecule has 0 atom stereocenters. The molecule has 0 aliphatic rings. The third-order valence-electron chi connectivity index (χ3n) is 3.27. The van der Waals surface area contributed by atoms with E-state index in [9.17, 15) is 4.79 Å². The average molecular weight is 257 g/mol. The summed E-state index contributed by atoms with van der Waals surface area (Å²) in [5.74, 6) is 0.803. The Morgan fingerprint density at radius 2 is 1.94 bits per heavy atom. The summed E-state index contributed by atoms with van der Waals surface area (Å²) in [5, 5.41) is 4.15. The van der Waals surface area contributed by atoms with Gasteiger partial charge in [0.25, 0.3) is 0 Å². The van der Waals surface area contributed by atoms with Crippen LogP contribution in [0.5, 0.6) is 0 Å². The zero-order valence-electron chi connectivity index (χ0n) is 11.0. The highest BCUT2D eigenvalue weighted by molar-refractivity contribution is 7.80. The Morgan fingerprint density at radius 1 is 1.35 bits per heavy atom. The van der Waals surface area contributed by atoms with Gasteiger partial charge in [-0.15, -0.1) is 0 Å². The Morgan fingerprint density at radius 3 is 2.29 bits per heavy atom. The van der Waals surface area contributed by atoms with Gasteiger partial charge in [0.1, 0.15) is 6.33 Å². The molecule has 5 heteroatoms. The maximum absolute atomic E-state index is 11.8. The van der Waals surface area contributed by atoms with Crippen molar-refractivity contribution < 1.29 is 0 Å². The van der Waals surface area contributed by atoms with Crippen molar-refractivity contribution in [2.75, 3.05) is 5.75 Å². The van der Waals surface area contributed by atoms with Crippen molar-refractivity contribution in [3.05, 3.63) is 16.8 Å². The molecule has 0 saturated carbocycles. The highest BCUT2D eigenvalue weighted by atomic mass is 32.1. The van der Waals surface area contributed by atoms with E-state index in [0.29, 0.717) is 6.54 Å². The van der Waals surface area contributed by atoms with E-state index >= 15 is 0 Å². The summed E-state index contributed by atoms with van der Waals surface area (Å²) in [6, 6.07) is 0. The lowest BCUT2D eigenvalue weighted by atomic mass is 9.81. The Hall–Kier alpha value is -0.710. The first kappa shape index (κ1) is 14.4. The van der Waals surface area contributed by atoms with E-state index in [2.05, 4.69) is 31.6 Å². The van der Waals surface area contributed by atoms with Gasteiger partial charge in [-0.1, -0.05) is 26.7 Å². The van der Waals surface area contributed by atoms with Crippen molar-refractivity contribution in [2.45, 2.75) is 46.1 Å². The van der Waals surface area contributed by atoms with Gasteiger partial charge in [0.2, 0.25) is 0 Å². The fraction of sp³-hybridized carbons (Fsp3) is 0.833. The predicted molar refractivity (Wildman–Crippen MR) is 73.6 cm³/mol. The van der Waals surface area contributed by atoms with Gasteiger partial charge in [0.15, 0.2) is 0 Å². The molecular weight excluding hydrogens is 234 g/mol. The molecule has 1 aromatic rings. The molecule has 1 rings (SSSR count). The Bertz CT molecular complexity index is 391. The van der Waals surface area contributed by atoms with E-state index in [1.165, 1.54) is 4.57 Å². The number of aromatic nitrogens is 3. The van der Waals surface area contributed by atoms with Crippen molar-refractivity contribution in [3.8, 4) is 0 Å². The second-order valence-corrected chi connectivity index (χ2v) is 5.16. The van der Waals surface area contributed by atoms with Crippen molar-refractivity contribution >= 4 is 12.6 Å². The Kier molecular flexibility index (Phi) is 5.31. The first-order valence-corrected chi connectivity index (χ1v) is 6.91. The quantitative estimate of drug-likeness (QED) is 0.760. The molecule has 0 radical (unpaired) electrons. The molecule has 0 bridgehead atoms. The molecular formula is C12H23N3OS. The first-order chi connectivity index (χ1) is 8.08. The lowest BCUT2D eigenvalue weighted by molar-refractivity contribution is 0.218. The molecule has 0 fully saturated rings. The van der Waals surface area contributed by atoms with E-state index in [1.54, 1.807) is 18.1 Å². The Balaban J connectivity index is 2.92. The van der Waals surface area contributed by atoms with E-state index in [1.807, 2.05) is 0 Å². The standard InChI is InChI=1S/C12H23N3OS/c1-4-6-12(9-17,7-5-2)8-15-11(16)14(3)10-13-15/h10,17H,4-9H2,1-3H3. The number of rotatable bonds is 7. The molecule has 0 spiro atoms. The predicted octanol–water partition coefficient (Wildman–Crippen LogP) is 2.10. The minimum Gasteiger partial charge on any atom is -0.285 e. The van der Waals surface area contributed by atoms with Crippen molar-refractivity contribution in [1.29, 1.82) is 0 Å². The van der Waals surface area contributed by atoms with Crippen molar-refractivity contribution in [2.24, 2.45) is 12.5 Å².